The Bertz CT molecular complexity index is 564. The van der Waals surface area contributed by atoms with Gasteiger partial charge in [0, 0.05) is 5.02 Å². The van der Waals surface area contributed by atoms with Crippen molar-refractivity contribution in [2.75, 3.05) is 7.11 Å². The lowest BCUT2D eigenvalue weighted by atomic mass is 10.2. The second-order valence-electron chi connectivity index (χ2n) is 3.19. The zero-order chi connectivity index (χ0) is 12.4. The van der Waals surface area contributed by atoms with Gasteiger partial charge in [0.2, 0.25) is 5.89 Å². The Kier molecular flexibility index (Phi) is 3.01. The Hall–Kier alpha value is -2.01. The first kappa shape index (κ1) is 11.5. The molecular weight excluding hydrogens is 246 g/mol. The number of hydrogen-bond acceptors (Lipinski definition) is 4. The van der Waals surface area contributed by atoms with Gasteiger partial charge in [-0.05, 0) is 18.2 Å². The maximum Gasteiger partial charge on any atom is 0.357 e. The lowest BCUT2D eigenvalue weighted by molar-refractivity contribution is 0.0690. The highest BCUT2D eigenvalue weighted by Crippen LogP contribution is 2.31. The van der Waals surface area contributed by atoms with Gasteiger partial charge in [-0.3, -0.25) is 0 Å². The highest BCUT2D eigenvalue weighted by molar-refractivity contribution is 6.30. The van der Waals surface area contributed by atoms with E-state index in [1.54, 1.807) is 18.2 Å². The van der Waals surface area contributed by atoms with Crippen molar-refractivity contribution >= 4 is 17.6 Å². The van der Waals surface area contributed by atoms with E-state index in [0.717, 1.165) is 6.26 Å². The van der Waals surface area contributed by atoms with Gasteiger partial charge in [-0.15, -0.1) is 0 Å². The number of nitrogens with zero attached hydrogens (tertiary/aromatic N) is 1. The van der Waals surface area contributed by atoms with Gasteiger partial charge in [0.1, 0.15) is 12.0 Å². The summed E-state index contributed by atoms with van der Waals surface area (Å²) in [5.74, 6) is -0.500. The second kappa shape index (κ2) is 4.47. The maximum absolute atomic E-state index is 10.7. The number of aromatic carboxylic acids is 1. The summed E-state index contributed by atoms with van der Waals surface area (Å²) < 4.78 is 10.2. The zero-order valence-corrected chi connectivity index (χ0v) is 9.56. The third-order valence-corrected chi connectivity index (χ3v) is 2.35. The summed E-state index contributed by atoms with van der Waals surface area (Å²) in [6.45, 7) is 0. The molecule has 0 amide bonds. The van der Waals surface area contributed by atoms with Crippen molar-refractivity contribution in [1.29, 1.82) is 0 Å². The molecule has 1 heterocycles. The fourth-order valence-electron chi connectivity index (χ4n) is 1.34. The minimum absolute atomic E-state index is 0.156. The molecule has 1 aromatic carbocycles. The number of methoxy groups -OCH3 is 1. The molecule has 17 heavy (non-hydrogen) atoms. The van der Waals surface area contributed by atoms with Crippen LogP contribution in [0.25, 0.3) is 11.5 Å². The van der Waals surface area contributed by atoms with Crippen LogP contribution in [-0.4, -0.2) is 23.2 Å². The maximum atomic E-state index is 10.7. The molecule has 2 rings (SSSR count). The zero-order valence-electron chi connectivity index (χ0n) is 8.81. The van der Waals surface area contributed by atoms with E-state index in [0.29, 0.717) is 16.3 Å². The molecule has 0 radical (unpaired) electrons. The molecule has 5 nitrogen and oxygen atoms in total. The van der Waals surface area contributed by atoms with Crippen LogP contribution in [0, 0.1) is 0 Å². The summed E-state index contributed by atoms with van der Waals surface area (Å²) in [7, 11) is 1.48. The van der Waals surface area contributed by atoms with Crippen molar-refractivity contribution in [2.24, 2.45) is 0 Å². The van der Waals surface area contributed by atoms with Crippen LogP contribution in [-0.2, 0) is 0 Å². The monoisotopic (exact) mass is 253 g/mol. The predicted molar refractivity (Wildman–Crippen MR) is 60.5 cm³/mol. The number of halogens is 1. The Morgan fingerprint density at radius 3 is 2.88 bits per heavy atom. The number of aromatic nitrogens is 1. The average Bonchev–Trinajstić information content (AvgIpc) is 2.78. The largest absolute Gasteiger partial charge is 0.496 e. The summed E-state index contributed by atoms with van der Waals surface area (Å²) >= 11 is 5.81. The van der Waals surface area contributed by atoms with E-state index >= 15 is 0 Å². The lowest BCUT2D eigenvalue weighted by Crippen LogP contribution is -1.96. The molecule has 0 unspecified atom stereocenters. The van der Waals surface area contributed by atoms with Crippen molar-refractivity contribution in [3.8, 4) is 17.2 Å². The first-order chi connectivity index (χ1) is 8.11. The van der Waals surface area contributed by atoms with Gasteiger partial charge in [0.25, 0.3) is 0 Å². The minimum atomic E-state index is -1.15. The normalized spacial score (nSPS) is 10.2. The molecule has 1 aromatic heterocycles. The summed E-state index contributed by atoms with van der Waals surface area (Å²) in [6, 6.07) is 4.89. The summed E-state index contributed by atoms with van der Waals surface area (Å²) in [4.78, 5) is 14.5. The van der Waals surface area contributed by atoms with Crippen LogP contribution in [0.3, 0.4) is 0 Å². The van der Waals surface area contributed by atoms with Gasteiger partial charge in [-0.2, -0.15) is 0 Å². The minimum Gasteiger partial charge on any atom is -0.496 e. The molecule has 0 aliphatic carbocycles. The van der Waals surface area contributed by atoms with E-state index in [1.807, 2.05) is 0 Å². The van der Waals surface area contributed by atoms with Crippen LogP contribution in [0.2, 0.25) is 5.02 Å². The molecule has 0 saturated carbocycles. The Balaban J connectivity index is 2.48. The third kappa shape index (κ3) is 2.24. The number of oxazole rings is 1. The van der Waals surface area contributed by atoms with Crippen molar-refractivity contribution in [3.05, 3.63) is 35.2 Å². The topological polar surface area (TPSA) is 72.6 Å². The van der Waals surface area contributed by atoms with Crippen LogP contribution in [0.5, 0.6) is 5.75 Å². The first-order valence-corrected chi connectivity index (χ1v) is 5.02. The van der Waals surface area contributed by atoms with Crippen molar-refractivity contribution in [1.82, 2.24) is 4.98 Å². The van der Waals surface area contributed by atoms with Crippen molar-refractivity contribution in [3.63, 3.8) is 0 Å². The smallest absolute Gasteiger partial charge is 0.357 e. The standard InChI is InChI=1S/C11H8ClNO4/c1-16-9-4-6(12)2-3-7(9)10-13-8(5-17-10)11(14)15/h2-5H,1H3,(H,14,15). The van der Waals surface area contributed by atoms with E-state index in [-0.39, 0.29) is 11.6 Å². The number of benzene rings is 1. The number of hydrogen-bond donors (Lipinski definition) is 1. The second-order valence-corrected chi connectivity index (χ2v) is 3.62. The Morgan fingerprint density at radius 2 is 2.29 bits per heavy atom. The molecule has 0 saturated heterocycles. The Labute approximate surface area is 102 Å². The van der Waals surface area contributed by atoms with Gasteiger partial charge in [0.15, 0.2) is 5.69 Å². The number of rotatable bonds is 3. The highest BCUT2D eigenvalue weighted by atomic mass is 35.5. The third-order valence-electron chi connectivity index (χ3n) is 2.12. The van der Waals surface area contributed by atoms with E-state index in [4.69, 9.17) is 25.9 Å². The first-order valence-electron chi connectivity index (χ1n) is 4.64. The molecule has 1 N–H and O–H groups in total. The fraction of sp³-hybridized carbons (Fsp3) is 0.0909. The molecular formula is C11H8ClNO4. The van der Waals surface area contributed by atoms with Crippen LogP contribution >= 0.6 is 11.6 Å². The van der Waals surface area contributed by atoms with Crippen LogP contribution in [0.15, 0.2) is 28.9 Å². The summed E-state index contributed by atoms with van der Waals surface area (Å²) in [5, 5.41) is 9.25. The molecule has 0 aliphatic heterocycles. The molecule has 0 fully saturated rings. The van der Waals surface area contributed by atoms with Gasteiger partial charge in [-0.25, -0.2) is 9.78 Å². The molecule has 0 atom stereocenters. The van der Waals surface area contributed by atoms with E-state index < -0.39 is 5.97 Å². The van der Waals surface area contributed by atoms with Crippen LogP contribution in [0.4, 0.5) is 0 Å². The number of carboxylic acid groups (broad SMARTS) is 1. The molecule has 0 bridgehead atoms. The number of carboxylic acids is 1. The SMILES string of the molecule is COc1cc(Cl)ccc1-c1nc(C(=O)O)co1. The van der Waals surface area contributed by atoms with Gasteiger partial charge in [-0.1, -0.05) is 11.6 Å². The fourth-order valence-corrected chi connectivity index (χ4v) is 1.50. The predicted octanol–water partition coefficient (Wildman–Crippen LogP) is 2.70. The van der Waals surface area contributed by atoms with Gasteiger partial charge < -0.3 is 14.3 Å². The summed E-state index contributed by atoms with van der Waals surface area (Å²) in [6.07, 6.45) is 1.08. The quantitative estimate of drug-likeness (QED) is 0.910. The van der Waals surface area contributed by atoms with Gasteiger partial charge in [0.05, 0.1) is 12.7 Å². The highest BCUT2D eigenvalue weighted by Gasteiger charge is 2.15. The van der Waals surface area contributed by atoms with E-state index in [2.05, 4.69) is 4.98 Å². The lowest BCUT2D eigenvalue weighted by Gasteiger charge is -2.04. The molecule has 0 spiro atoms. The molecule has 2 aromatic rings. The molecule has 6 heteroatoms. The van der Waals surface area contributed by atoms with Crippen LogP contribution < -0.4 is 4.74 Å². The summed E-state index contributed by atoms with van der Waals surface area (Å²) in [5.41, 5.74) is 0.390. The number of ether oxygens (including phenoxy) is 1. The van der Waals surface area contributed by atoms with Gasteiger partial charge >= 0.3 is 5.97 Å². The number of carbonyl (C=O) groups is 1. The Morgan fingerprint density at radius 1 is 1.53 bits per heavy atom. The molecule has 88 valence electrons. The molecule has 0 aliphatic rings. The van der Waals surface area contributed by atoms with Crippen molar-refractivity contribution < 1.29 is 19.1 Å². The van der Waals surface area contributed by atoms with Crippen LogP contribution in [0.1, 0.15) is 10.5 Å². The van der Waals surface area contributed by atoms with E-state index in [1.165, 1.54) is 7.11 Å². The average molecular weight is 254 g/mol. The van der Waals surface area contributed by atoms with Crippen molar-refractivity contribution in [2.45, 2.75) is 0 Å². The van der Waals surface area contributed by atoms with E-state index in [9.17, 15) is 4.79 Å².